The van der Waals surface area contributed by atoms with E-state index in [1.165, 1.54) is 13.8 Å². The molecule has 1 aromatic carbocycles. The van der Waals surface area contributed by atoms with Crippen LogP contribution < -0.4 is 0 Å². The van der Waals surface area contributed by atoms with Gasteiger partial charge in [-0.05, 0) is 18.4 Å². The van der Waals surface area contributed by atoms with Gasteiger partial charge in [0.15, 0.2) is 23.3 Å². The van der Waals surface area contributed by atoms with Crippen molar-refractivity contribution in [1.82, 2.24) is 0 Å². The van der Waals surface area contributed by atoms with Crippen LogP contribution in [0.15, 0.2) is 10.6 Å². The Hall–Kier alpha value is -1.34. The molecule has 2 unspecified atom stereocenters. The molecule has 0 spiro atoms. The summed E-state index contributed by atoms with van der Waals surface area (Å²) < 4.78 is 68.6. The van der Waals surface area contributed by atoms with Gasteiger partial charge < -0.3 is 5.11 Å². The highest BCUT2D eigenvalue weighted by atomic mass is 35.5. The topological polar surface area (TPSA) is 37.3 Å². The molecule has 0 amide bonds. The van der Waals surface area contributed by atoms with E-state index in [2.05, 4.69) is 0 Å². The van der Waals surface area contributed by atoms with Gasteiger partial charge >= 0.3 is 5.97 Å². The molecule has 0 saturated heterocycles. The molecule has 24 heavy (non-hydrogen) atoms. The van der Waals surface area contributed by atoms with Gasteiger partial charge in [-0.25, -0.2) is 22.0 Å². The first-order valence-corrected chi connectivity index (χ1v) is 7.33. The van der Waals surface area contributed by atoms with Crippen molar-refractivity contribution in [3.63, 3.8) is 0 Å². The summed E-state index contributed by atoms with van der Waals surface area (Å²) in [4.78, 5) is 11.7. The number of rotatable bonds is 3. The molecule has 2 rings (SSSR count). The van der Waals surface area contributed by atoms with Crippen LogP contribution in [0.4, 0.5) is 22.0 Å². The Labute approximate surface area is 143 Å². The normalized spacial score (nSPS) is 27.8. The van der Waals surface area contributed by atoms with Gasteiger partial charge in [0, 0.05) is 11.0 Å². The van der Waals surface area contributed by atoms with E-state index in [1.807, 2.05) is 0 Å². The Balaban J connectivity index is 3.01. The highest BCUT2D eigenvalue weighted by Crippen LogP contribution is 2.80. The van der Waals surface area contributed by atoms with Gasteiger partial charge in [0.05, 0.1) is 5.41 Å². The average Bonchev–Trinajstić information content (AvgIpc) is 2.85. The first-order valence-electron chi connectivity index (χ1n) is 6.58. The minimum absolute atomic E-state index is 0.558. The standard InChI is InChI=1S/C15H11Cl2F5O2/c1-13(2)14(3,12(23)24)15(13,4-5(16)17)6-7(18)9(20)11(22)10(21)8(6)19/h4H,1-3H3,(H,23,24). The van der Waals surface area contributed by atoms with Crippen LogP contribution in [0.2, 0.25) is 0 Å². The van der Waals surface area contributed by atoms with Gasteiger partial charge in [0.1, 0.15) is 4.49 Å². The van der Waals surface area contributed by atoms with Crippen molar-refractivity contribution in [3.05, 3.63) is 45.2 Å². The fourth-order valence-corrected chi connectivity index (χ4v) is 3.97. The molecular formula is C15H11Cl2F5O2. The van der Waals surface area contributed by atoms with Crippen LogP contribution in [0.1, 0.15) is 26.3 Å². The second kappa shape index (κ2) is 5.33. The van der Waals surface area contributed by atoms with Crippen LogP contribution in [0.25, 0.3) is 0 Å². The number of carboxylic acids is 1. The second-order valence-electron chi connectivity index (χ2n) is 6.24. The zero-order valence-electron chi connectivity index (χ0n) is 12.6. The number of benzene rings is 1. The third-order valence-corrected chi connectivity index (χ3v) is 5.54. The van der Waals surface area contributed by atoms with E-state index in [-0.39, 0.29) is 0 Å². The number of aliphatic carboxylic acids is 1. The summed E-state index contributed by atoms with van der Waals surface area (Å²) in [5, 5.41) is 9.51. The number of allylic oxidation sites excluding steroid dienone is 1. The number of carbonyl (C=O) groups is 1. The van der Waals surface area contributed by atoms with E-state index >= 15 is 0 Å². The maximum absolute atomic E-state index is 14.3. The summed E-state index contributed by atoms with van der Waals surface area (Å²) in [6.07, 6.45) is 0.808. The molecule has 0 heterocycles. The van der Waals surface area contributed by atoms with Crippen LogP contribution in [-0.2, 0) is 10.2 Å². The maximum atomic E-state index is 14.3. The smallest absolute Gasteiger partial charge is 0.311 e. The number of hydrogen-bond acceptors (Lipinski definition) is 1. The molecule has 1 saturated carbocycles. The summed E-state index contributed by atoms with van der Waals surface area (Å²) in [5.74, 6) is -12.4. The molecule has 1 N–H and O–H groups in total. The quantitative estimate of drug-likeness (QED) is 0.445. The second-order valence-corrected chi connectivity index (χ2v) is 7.25. The minimum atomic E-state index is -2.33. The van der Waals surface area contributed by atoms with E-state index in [1.54, 1.807) is 0 Å². The summed E-state index contributed by atoms with van der Waals surface area (Å²) in [6.45, 7) is 3.75. The van der Waals surface area contributed by atoms with Crippen molar-refractivity contribution in [2.75, 3.05) is 0 Å². The Morgan fingerprint density at radius 3 is 1.58 bits per heavy atom. The molecule has 2 nitrogen and oxygen atoms in total. The van der Waals surface area contributed by atoms with E-state index < -0.39 is 61.4 Å². The Morgan fingerprint density at radius 2 is 1.29 bits per heavy atom. The van der Waals surface area contributed by atoms with Crippen molar-refractivity contribution in [1.29, 1.82) is 0 Å². The van der Waals surface area contributed by atoms with Crippen molar-refractivity contribution in [2.24, 2.45) is 10.8 Å². The minimum Gasteiger partial charge on any atom is -0.481 e. The lowest BCUT2D eigenvalue weighted by Gasteiger charge is -2.20. The van der Waals surface area contributed by atoms with Gasteiger partial charge in [0.25, 0.3) is 0 Å². The van der Waals surface area contributed by atoms with Gasteiger partial charge in [-0.15, -0.1) is 0 Å². The summed E-state index contributed by atoms with van der Waals surface area (Å²) >= 11 is 11.1. The average molecular weight is 389 g/mol. The molecule has 1 aromatic rings. The number of carboxylic acid groups (broad SMARTS) is 1. The summed E-state index contributed by atoms with van der Waals surface area (Å²) in [7, 11) is 0. The monoisotopic (exact) mass is 388 g/mol. The van der Waals surface area contributed by atoms with Crippen molar-refractivity contribution < 1.29 is 31.9 Å². The molecule has 0 bridgehead atoms. The van der Waals surface area contributed by atoms with Crippen molar-refractivity contribution in [2.45, 2.75) is 26.2 Å². The van der Waals surface area contributed by atoms with Crippen LogP contribution >= 0.6 is 23.2 Å². The first-order chi connectivity index (χ1) is 10.8. The highest BCUT2D eigenvalue weighted by Gasteiger charge is 2.84. The van der Waals surface area contributed by atoms with Crippen molar-refractivity contribution in [3.8, 4) is 0 Å². The molecule has 1 aliphatic rings. The van der Waals surface area contributed by atoms with Crippen molar-refractivity contribution >= 4 is 29.2 Å². The van der Waals surface area contributed by atoms with E-state index in [4.69, 9.17) is 23.2 Å². The Kier molecular flexibility index (Phi) is 4.22. The zero-order chi connectivity index (χ0) is 18.8. The maximum Gasteiger partial charge on any atom is 0.311 e. The molecule has 1 aliphatic carbocycles. The SMILES string of the molecule is CC1(C)C(C)(C(=O)O)C1(C=C(Cl)Cl)c1c(F)c(F)c(F)c(F)c1F. The van der Waals surface area contributed by atoms with Gasteiger partial charge in [-0.3, -0.25) is 4.79 Å². The Morgan fingerprint density at radius 1 is 0.917 bits per heavy atom. The lowest BCUT2D eigenvalue weighted by molar-refractivity contribution is -0.144. The highest BCUT2D eigenvalue weighted by molar-refractivity contribution is 6.56. The molecule has 0 aromatic heterocycles. The first kappa shape index (κ1) is 19.0. The lowest BCUT2D eigenvalue weighted by atomic mass is 9.84. The molecule has 0 aliphatic heterocycles. The number of halogens is 7. The van der Waals surface area contributed by atoms with E-state index in [0.29, 0.717) is 0 Å². The van der Waals surface area contributed by atoms with E-state index in [0.717, 1.165) is 13.0 Å². The van der Waals surface area contributed by atoms with Gasteiger partial charge in [-0.1, -0.05) is 37.0 Å². The summed E-state index contributed by atoms with van der Waals surface area (Å²) in [6, 6.07) is 0. The predicted octanol–water partition coefficient (Wildman–Crippen LogP) is 5.07. The largest absolute Gasteiger partial charge is 0.481 e. The van der Waals surface area contributed by atoms with Crippen LogP contribution in [0.3, 0.4) is 0 Å². The molecule has 2 atom stereocenters. The third-order valence-electron chi connectivity index (χ3n) is 5.32. The van der Waals surface area contributed by atoms with Crippen LogP contribution in [-0.4, -0.2) is 11.1 Å². The zero-order valence-corrected chi connectivity index (χ0v) is 14.1. The molecule has 1 fully saturated rings. The van der Waals surface area contributed by atoms with E-state index in [9.17, 15) is 31.9 Å². The molecule has 9 heteroatoms. The third kappa shape index (κ3) is 1.91. The number of hydrogen-bond donors (Lipinski definition) is 1. The molecular weight excluding hydrogens is 378 g/mol. The summed E-state index contributed by atoms with van der Waals surface area (Å²) in [5.41, 5.74) is -6.76. The van der Waals surface area contributed by atoms with Crippen LogP contribution in [0, 0.1) is 39.9 Å². The Bertz CT molecular complexity index is 760. The lowest BCUT2D eigenvalue weighted by Crippen LogP contribution is -2.26. The fourth-order valence-electron chi connectivity index (χ4n) is 3.64. The fraction of sp³-hybridized carbons (Fsp3) is 0.400. The molecule has 132 valence electrons. The van der Waals surface area contributed by atoms with Crippen LogP contribution in [0.5, 0.6) is 0 Å². The van der Waals surface area contributed by atoms with Gasteiger partial charge in [0.2, 0.25) is 5.82 Å². The van der Waals surface area contributed by atoms with Gasteiger partial charge in [-0.2, -0.15) is 0 Å². The predicted molar refractivity (Wildman–Crippen MR) is 77.2 cm³/mol. The molecule has 0 radical (unpaired) electrons.